The lowest BCUT2D eigenvalue weighted by Gasteiger charge is -2.10. The number of carbonyl (C=O) groups is 3. The first-order valence-electron chi connectivity index (χ1n) is 6.87. The van der Waals surface area contributed by atoms with Gasteiger partial charge in [0, 0.05) is 29.5 Å². The maximum atomic E-state index is 12.3. The van der Waals surface area contributed by atoms with Gasteiger partial charge in [0.05, 0.1) is 5.97 Å². The molecule has 1 amide bonds. The zero-order valence-corrected chi connectivity index (χ0v) is 12.7. The summed E-state index contributed by atoms with van der Waals surface area (Å²) in [6, 6.07) is 10.8. The fraction of sp³-hybridized carbons (Fsp3) is 0.118. The van der Waals surface area contributed by atoms with Crippen molar-refractivity contribution < 1.29 is 19.5 Å². The number of nitrogens with one attached hydrogen (secondary N) is 2. The van der Waals surface area contributed by atoms with Crippen LogP contribution >= 0.6 is 0 Å². The Morgan fingerprint density at radius 3 is 2.13 bits per heavy atom. The summed E-state index contributed by atoms with van der Waals surface area (Å²) in [5.74, 6) is -2.29. The van der Waals surface area contributed by atoms with Crippen LogP contribution in [0.4, 0.5) is 11.4 Å². The van der Waals surface area contributed by atoms with Crippen molar-refractivity contribution >= 4 is 29.0 Å². The maximum Gasteiger partial charge on any atom is 0.255 e. The van der Waals surface area contributed by atoms with Gasteiger partial charge in [-0.25, -0.2) is 0 Å². The highest BCUT2D eigenvalue weighted by Gasteiger charge is 2.12. The first-order valence-corrected chi connectivity index (χ1v) is 6.87. The monoisotopic (exact) mass is 311 g/mol. The number of hydrogen-bond donors (Lipinski definition) is 2. The second-order valence-electron chi connectivity index (χ2n) is 4.93. The van der Waals surface area contributed by atoms with Gasteiger partial charge in [-0.1, -0.05) is 6.07 Å². The minimum Gasteiger partial charge on any atom is -0.545 e. The zero-order chi connectivity index (χ0) is 17.0. The molecule has 0 atom stereocenters. The summed E-state index contributed by atoms with van der Waals surface area (Å²) in [6.45, 7) is 1.30. The molecular weight excluding hydrogens is 296 g/mol. The lowest BCUT2D eigenvalue weighted by Crippen LogP contribution is -2.23. The van der Waals surface area contributed by atoms with Crippen molar-refractivity contribution in [1.82, 2.24) is 0 Å². The molecule has 118 valence electrons. The molecule has 0 aliphatic rings. The van der Waals surface area contributed by atoms with E-state index in [1.54, 1.807) is 25.2 Å². The van der Waals surface area contributed by atoms with E-state index in [1.165, 1.54) is 25.1 Å². The molecule has 2 rings (SSSR count). The first kappa shape index (κ1) is 16.2. The number of rotatable bonds is 5. The average molecular weight is 311 g/mol. The topological polar surface area (TPSA) is 98.3 Å². The lowest BCUT2D eigenvalue weighted by atomic mass is 10.0. The quantitative estimate of drug-likeness (QED) is 0.816. The summed E-state index contributed by atoms with van der Waals surface area (Å²) in [5, 5.41) is 16.6. The Hall–Kier alpha value is -3.15. The third kappa shape index (κ3) is 3.94. The van der Waals surface area contributed by atoms with E-state index >= 15 is 0 Å². The molecule has 2 aromatic rings. The summed E-state index contributed by atoms with van der Waals surface area (Å²) in [6.07, 6.45) is 0. The Kier molecular flexibility index (Phi) is 4.75. The van der Waals surface area contributed by atoms with Gasteiger partial charge in [0.25, 0.3) is 5.91 Å². The van der Waals surface area contributed by atoms with Gasteiger partial charge >= 0.3 is 0 Å². The molecule has 0 fully saturated rings. The van der Waals surface area contributed by atoms with Gasteiger partial charge in [-0.3, -0.25) is 9.59 Å². The normalized spacial score (nSPS) is 10.0. The highest BCUT2D eigenvalue weighted by atomic mass is 16.4. The van der Waals surface area contributed by atoms with E-state index in [0.717, 1.165) is 5.69 Å². The maximum absolute atomic E-state index is 12.3. The summed E-state index contributed by atoms with van der Waals surface area (Å²) in [5.41, 5.74) is 1.36. The number of Topliss-reactive ketones (excluding diaryl/α,β-unsaturated/α-hetero) is 1. The summed E-state index contributed by atoms with van der Waals surface area (Å²) < 4.78 is 0. The molecule has 2 aromatic carbocycles. The summed E-state index contributed by atoms with van der Waals surface area (Å²) in [4.78, 5) is 34.8. The average Bonchev–Trinajstić information content (AvgIpc) is 2.54. The van der Waals surface area contributed by atoms with Crippen molar-refractivity contribution in [2.24, 2.45) is 0 Å². The van der Waals surface area contributed by atoms with E-state index in [2.05, 4.69) is 10.6 Å². The van der Waals surface area contributed by atoms with E-state index < -0.39 is 11.9 Å². The highest BCUT2D eigenvalue weighted by molar-refractivity contribution is 6.08. The number of benzene rings is 2. The molecule has 0 heterocycles. The van der Waals surface area contributed by atoms with Crippen LogP contribution in [0.1, 0.15) is 38.0 Å². The molecule has 2 N–H and O–H groups in total. The number of amides is 1. The summed E-state index contributed by atoms with van der Waals surface area (Å²) in [7, 11) is 1.75. The standard InChI is InChI=1S/C17H16N2O4/c1-10(20)11-6-12(8-13(7-11)17(22)23)16(21)19-15-5-3-4-14(9-15)18-2/h3-9,18H,1-2H3,(H,19,21)(H,22,23)/p-1. The molecule has 23 heavy (non-hydrogen) atoms. The molecule has 0 radical (unpaired) electrons. The first-order chi connectivity index (χ1) is 10.9. The second-order valence-corrected chi connectivity index (χ2v) is 4.93. The van der Waals surface area contributed by atoms with Gasteiger partial charge in [0.1, 0.15) is 0 Å². The van der Waals surface area contributed by atoms with Crippen LogP contribution in [0, 0.1) is 0 Å². The van der Waals surface area contributed by atoms with Crippen molar-refractivity contribution in [1.29, 1.82) is 0 Å². The van der Waals surface area contributed by atoms with Crippen LogP contribution in [-0.2, 0) is 0 Å². The van der Waals surface area contributed by atoms with Crippen LogP contribution < -0.4 is 15.7 Å². The van der Waals surface area contributed by atoms with E-state index in [9.17, 15) is 19.5 Å². The van der Waals surface area contributed by atoms with Crippen LogP contribution in [-0.4, -0.2) is 24.7 Å². The molecule has 6 heteroatoms. The summed E-state index contributed by atoms with van der Waals surface area (Å²) >= 11 is 0. The van der Waals surface area contributed by atoms with Gasteiger partial charge in [-0.15, -0.1) is 0 Å². The Morgan fingerprint density at radius 1 is 0.913 bits per heavy atom. The second kappa shape index (κ2) is 6.74. The number of carbonyl (C=O) groups excluding carboxylic acids is 3. The van der Waals surface area contributed by atoms with Gasteiger partial charge < -0.3 is 20.5 Å². The van der Waals surface area contributed by atoms with Gasteiger partial charge in [-0.2, -0.15) is 0 Å². The van der Waals surface area contributed by atoms with Crippen molar-refractivity contribution in [3.8, 4) is 0 Å². The third-order valence-electron chi connectivity index (χ3n) is 3.25. The molecule has 0 bridgehead atoms. The van der Waals surface area contributed by atoms with E-state index in [-0.39, 0.29) is 22.5 Å². The van der Waals surface area contributed by atoms with Crippen molar-refractivity contribution in [3.63, 3.8) is 0 Å². The Balaban J connectivity index is 2.34. The van der Waals surface area contributed by atoms with Gasteiger partial charge in [-0.05, 0) is 48.9 Å². The molecular formula is C17H15N2O4-. The molecule has 0 aromatic heterocycles. The zero-order valence-electron chi connectivity index (χ0n) is 12.7. The fourth-order valence-corrected chi connectivity index (χ4v) is 2.04. The molecule has 0 saturated carbocycles. The third-order valence-corrected chi connectivity index (χ3v) is 3.25. The smallest absolute Gasteiger partial charge is 0.255 e. The Morgan fingerprint density at radius 2 is 1.52 bits per heavy atom. The van der Waals surface area contributed by atoms with E-state index in [0.29, 0.717) is 5.69 Å². The lowest BCUT2D eigenvalue weighted by molar-refractivity contribution is -0.255. The van der Waals surface area contributed by atoms with E-state index in [4.69, 9.17) is 0 Å². The number of aromatic carboxylic acids is 1. The Labute approximate surface area is 133 Å². The van der Waals surface area contributed by atoms with Crippen LogP contribution in [0.15, 0.2) is 42.5 Å². The molecule has 0 aliphatic carbocycles. The fourth-order valence-electron chi connectivity index (χ4n) is 2.04. The minimum atomic E-state index is -1.45. The predicted molar refractivity (Wildman–Crippen MR) is 84.7 cm³/mol. The molecule has 0 spiro atoms. The highest BCUT2D eigenvalue weighted by Crippen LogP contribution is 2.17. The van der Waals surface area contributed by atoms with Crippen LogP contribution in [0.2, 0.25) is 0 Å². The predicted octanol–water partition coefficient (Wildman–Crippen LogP) is 1.55. The minimum absolute atomic E-state index is 0.0757. The van der Waals surface area contributed by atoms with E-state index in [1.807, 2.05) is 6.07 Å². The molecule has 0 saturated heterocycles. The van der Waals surface area contributed by atoms with Crippen LogP contribution in [0.25, 0.3) is 0 Å². The number of carboxylic acids is 1. The van der Waals surface area contributed by atoms with Crippen molar-refractivity contribution in [2.45, 2.75) is 6.92 Å². The van der Waals surface area contributed by atoms with Crippen LogP contribution in [0.3, 0.4) is 0 Å². The van der Waals surface area contributed by atoms with Gasteiger partial charge in [0.2, 0.25) is 0 Å². The van der Waals surface area contributed by atoms with Crippen LogP contribution in [0.5, 0.6) is 0 Å². The Bertz CT molecular complexity index is 752. The number of carboxylic acid groups (broad SMARTS) is 1. The molecule has 6 nitrogen and oxygen atoms in total. The SMILES string of the molecule is CNc1cccc(NC(=O)c2cc(C(C)=O)cc(C(=O)[O-])c2)c1. The van der Waals surface area contributed by atoms with Crippen molar-refractivity contribution in [2.75, 3.05) is 17.7 Å². The molecule has 0 aliphatic heterocycles. The van der Waals surface area contributed by atoms with Gasteiger partial charge in [0.15, 0.2) is 5.78 Å². The number of ketones is 1. The van der Waals surface area contributed by atoms with Crippen molar-refractivity contribution in [3.05, 3.63) is 59.2 Å². The number of anilines is 2. The molecule has 0 unspecified atom stereocenters. The number of hydrogen-bond acceptors (Lipinski definition) is 5. The largest absolute Gasteiger partial charge is 0.545 e.